The second kappa shape index (κ2) is 5.41. The lowest BCUT2D eigenvalue weighted by atomic mass is 10.4. The van der Waals surface area contributed by atoms with E-state index < -0.39 is 4.92 Å². The van der Waals surface area contributed by atoms with E-state index in [1.165, 1.54) is 0 Å². The van der Waals surface area contributed by atoms with Gasteiger partial charge in [-0.05, 0) is 11.6 Å². The molecule has 2 rings (SSSR count). The van der Waals surface area contributed by atoms with Crippen molar-refractivity contribution in [3.05, 3.63) is 40.3 Å². The standard InChI is InChI=1S/C9H9ClN6O2/c10-9-13-5-7(16(17)18)8(14-9)12-2-4-15-3-1-11-6-15/h1,3,5-6H,2,4H2,(H,12,13,14). The second-order valence-corrected chi connectivity index (χ2v) is 3.70. The maximum absolute atomic E-state index is 10.8. The van der Waals surface area contributed by atoms with E-state index in [0.29, 0.717) is 13.1 Å². The van der Waals surface area contributed by atoms with Gasteiger partial charge in [-0.15, -0.1) is 0 Å². The largest absolute Gasteiger partial charge is 0.362 e. The molecule has 0 aromatic carbocycles. The van der Waals surface area contributed by atoms with Crippen molar-refractivity contribution in [1.29, 1.82) is 0 Å². The average molecular weight is 269 g/mol. The van der Waals surface area contributed by atoms with Gasteiger partial charge < -0.3 is 9.88 Å². The smallest absolute Gasteiger partial charge is 0.329 e. The number of anilines is 1. The first-order valence-electron chi connectivity index (χ1n) is 5.03. The number of nitrogens with zero attached hydrogens (tertiary/aromatic N) is 5. The first-order valence-corrected chi connectivity index (χ1v) is 5.41. The van der Waals surface area contributed by atoms with Crippen molar-refractivity contribution in [3.63, 3.8) is 0 Å². The van der Waals surface area contributed by atoms with Gasteiger partial charge in [0.2, 0.25) is 11.1 Å². The summed E-state index contributed by atoms with van der Waals surface area (Å²) in [4.78, 5) is 21.4. The molecular weight excluding hydrogens is 260 g/mol. The van der Waals surface area contributed by atoms with E-state index in [1.54, 1.807) is 18.7 Å². The van der Waals surface area contributed by atoms with Crippen LogP contribution in [0.15, 0.2) is 24.9 Å². The van der Waals surface area contributed by atoms with Crippen LogP contribution >= 0.6 is 11.6 Å². The molecule has 9 heteroatoms. The van der Waals surface area contributed by atoms with Gasteiger partial charge in [0, 0.05) is 25.5 Å². The summed E-state index contributed by atoms with van der Waals surface area (Å²) in [7, 11) is 0. The predicted octanol–water partition coefficient (Wildman–Crippen LogP) is 1.35. The molecule has 18 heavy (non-hydrogen) atoms. The Labute approximate surface area is 107 Å². The predicted molar refractivity (Wildman–Crippen MR) is 64.4 cm³/mol. The number of halogens is 1. The number of nitro groups is 1. The van der Waals surface area contributed by atoms with Crippen LogP contribution in [0.5, 0.6) is 0 Å². The minimum atomic E-state index is -0.560. The molecule has 0 aliphatic rings. The molecule has 0 saturated carbocycles. The number of hydrogen-bond donors (Lipinski definition) is 1. The number of aromatic nitrogens is 4. The van der Waals surface area contributed by atoms with Gasteiger partial charge in [-0.2, -0.15) is 4.98 Å². The Bertz CT molecular complexity index is 544. The Balaban J connectivity index is 2.03. The molecule has 0 aliphatic carbocycles. The summed E-state index contributed by atoms with van der Waals surface area (Å²) < 4.78 is 1.83. The van der Waals surface area contributed by atoms with Gasteiger partial charge in [-0.1, -0.05) is 0 Å². The van der Waals surface area contributed by atoms with Gasteiger partial charge in [0.1, 0.15) is 6.20 Å². The van der Waals surface area contributed by atoms with Gasteiger partial charge in [0.25, 0.3) is 0 Å². The van der Waals surface area contributed by atoms with Crippen molar-refractivity contribution in [1.82, 2.24) is 19.5 Å². The van der Waals surface area contributed by atoms with E-state index in [2.05, 4.69) is 20.3 Å². The van der Waals surface area contributed by atoms with Crippen molar-refractivity contribution in [2.45, 2.75) is 6.54 Å². The highest BCUT2D eigenvalue weighted by Crippen LogP contribution is 2.21. The van der Waals surface area contributed by atoms with E-state index in [-0.39, 0.29) is 16.8 Å². The van der Waals surface area contributed by atoms with Gasteiger partial charge in [0.15, 0.2) is 0 Å². The van der Waals surface area contributed by atoms with Crippen LogP contribution in [0.2, 0.25) is 5.28 Å². The molecule has 0 saturated heterocycles. The highest BCUT2D eigenvalue weighted by molar-refractivity contribution is 6.28. The molecule has 1 N–H and O–H groups in total. The monoisotopic (exact) mass is 268 g/mol. The lowest BCUT2D eigenvalue weighted by molar-refractivity contribution is -0.384. The molecular formula is C9H9ClN6O2. The van der Waals surface area contributed by atoms with E-state index in [9.17, 15) is 10.1 Å². The lowest BCUT2D eigenvalue weighted by Gasteiger charge is -2.06. The molecule has 0 radical (unpaired) electrons. The van der Waals surface area contributed by atoms with Crippen molar-refractivity contribution >= 4 is 23.1 Å². The fourth-order valence-corrected chi connectivity index (χ4v) is 1.47. The Morgan fingerprint density at radius 1 is 1.56 bits per heavy atom. The second-order valence-electron chi connectivity index (χ2n) is 3.36. The molecule has 0 amide bonds. The van der Waals surface area contributed by atoms with Crippen LogP contribution in [-0.2, 0) is 6.54 Å². The summed E-state index contributed by atoms with van der Waals surface area (Å²) in [5.41, 5.74) is -0.204. The summed E-state index contributed by atoms with van der Waals surface area (Å²) in [6.45, 7) is 1.07. The third kappa shape index (κ3) is 2.92. The van der Waals surface area contributed by atoms with E-state index in [1.807, 2.05) is 4.57 Å². The third-order valence-corrected chi connectivity index (χ3v) is 2.34. The Kier molecular flexibility index (Phi) is 3.68. The number of rotatable bonds is 5. The molecule has 2 aromatic rings. The fourth-order valence-electron chi connectivity index (χ4n) is 1.34. The number of imidazole rings is 1. The SMILES string of the molecule is O=[N+]([O-])c1cnc(Cl)nc1NCCn1ccnc1. The topological polar surface area (TPSA) is 98.8 Å². The Morgan fingerprint density at radius 2 is 2.39 bits per heavy atom. The molecule has 0 unspecified atom stereocenters. The number of nitrogens with one attached hydrogen (secondary N) is 1. The fraction of sp³-hybridized carbons (Fsp3) is 0.222. The van der Waals surface area contributed by atoms with Crippen LogP contribution in [-0.4, -0.2) is 31.0 Å². The summed E-state index contributed by atoms with van der Waals surface area (Å²) in [6.07, 6.45) is 6.19. The van der Waals surface area contributed by atoms with E-state index >= 15 is 0 Å². The molecule has 94 valence electrons. The minimum Gasteiger partial charge on any atom is -0.362 e. The van der Waals surface area contributed by atoms with Gasteiger partial charge in [-0.25, -0.2) is 9.97 Å². The summed E-state index contributed by atoms with van der Waals surface area (Å²) in [5, 5.41) is 13.6. The summed E-state index contributed by atoms with van der Waals surface area (Å²) >= 11 is 5.60. The highest BCUT2D eigenvalue weighted by atomic mass is 35.5. The van der Waals surface area contributed by atoms with Crippen LogP contribution in [0.4, 0.5) is 11.5 Å². The zero-order valence-corrected chi connectivity index (χ0v) is 9.91. The van der Waals surface area contributed by atoms with Crippen molar-refractivity contribution in [3.8, 4) is 0 Å². The quantitative estimate of drug-likeness (QED) is 0.499. The van der Waals surface area contributed by atoms with Crippen molar-refractivity contribution in [2.24, 2.45) is 0 Å². The molecule has 8 nitrogen and oxygen atoms in total. The van der Waals surface area contributed by atoms with Gasteiger partial charge >= 0.3 is 5.69 Å². The Morgan fingerprint density at radius 3 is 3.06 bits per heavy atom. The average Bonchev–Trinajstić information content (AvgIpc) is 2.82. The summed E-state index contributed by atoms with van der Waals surface area (Å²) in [5.74, 6) is 0.111. The molecule has 0 atom stereocenters. The molecule has 0 spiro atoms. The van der Waals surface area contributed by atoms with Crippen LogP contribution in [0.25, 0.3) is 0 Å². The number of hydrogen-bond acceptors (Lipinski definition) is 6. The van der Waals surface area contributed by atoms with Crippen LogP contribution in [0, 0.1) is 10.1 Å². The van der Waals surface area contributed by atoms with E-state index in [4.69, 9.17) is 11.6 Å². The zero-order chi connectivity index (χ0) is 13.0. The highest BCUT2D eigenvalue weighted by Gasteiger charge is 2.16. The van der Waals surface area contributed by atoms with Crippen LogP contribution in [0.1, 0.15) is 0 Å². The maximum Gasteiger partial charge on any atom is 0.329 e. The molecule has 2 heterocycles. The van der Waals surface area contributed by atoms with Gasteiger partial charge in [0.05, 0.1) is 11.3 Å². The molecule has 0 aliphatic heterocycles. The minimum absolute atomic E-state index is 0.0364. The lowest BCUT2D eigenvalue weighted by Crippen LogP contribution is -2.12. The van der Waals surface area contributed by atoms with Crippen LogP contribution < -0.4 is 5.32 Å². The van der Waals surface area contributed by atoms with E-state index in [0.717, 1.165) is 6.20 Å². The Hall–Kier alpha value is -2.22. The third-order valence-electron chi connectivity index (χ3n) is 2.16. The normalized spacial score (nSPS) is 10.3. The molecule has 2 aromatic heterocycles. The zero-order valence-electron chi connectivity index (χ0n) is 9.15. The molecule has 0 fully saturated rings. The summed E-state index contributed by atoms with van der Waals surface area (Å²) in [6, 6.07) is 0. The van der Waals surface area contributed by atoms with Crippen LogP contribution in [0.3, 0.4) is 0 Å². The van der Waals surface area contributed by atoms with Gasteiger partial charge in [-0.3, -0.25) is 10.1 Å². The first-order chi connectivity index (χ1) is 8.66. The van der Waals surface area contributed by atoms with Crippen molar-refractivity contribution in [2.75, 3.05) is 11.9 Å². The molecule has 0 bridgehead atoms. The maximum atomic E-state index is 10.8. The first kappa shape index (κ1) is 12.2. The van der Waals surface area contributed by atoms with Crippen molar-refractivity contribution < 1.29 is 4.92 Å².